The van der Waals surface area contributed by atoms with Crippen LogP contribution in [0.5, 0.6) is 0 Å². The molecule has 0 spiro atoms. The van der Waals surface area contributed by atoms with E-state index in [0.717, 1.165) is 11.1 Å². The van der Waals surface area contributed by atoms with Crippen molar-refractivity contribution >= 4 is 47.9 Å². The fourth-order valence-corrected chi connectivity index (χ4v) is 6.39. The Morgan fingerprint density at radius 1 is 0.730 bits per heavy atom. The zero-order valence-corrected chi connectivity index (χ0v) is 21.5. The van der Waals surface area contributed by atoms with Crippen molar-refractivity contribution in [2.75, 3.05) is 0 Å². The van der Waals surface area contributed by atoms with Gasteiger partial charge in [-0.15, -0.1) is 11.3 Å². The molecule has 1 aromatic heterocycles. The molecule has 0 saturated heterocycles. The molecular weight excluding hydrogens is 466 g/mol. The molecule has 0 atom stereocenters. The first-order valence-corrected chi connectivity index (χ1v) is 13.3. The summed E-state index contributed by atoms with van der Waals surface area (Å²) in [6.07, 6.45) is 9.65. The molecule has 2 N–H and O–H groups in total. The van der Waals surface area contributed by atoms with Gasteiger partial charge in [0.05, 0.1) is 0 Å². The third kappa shape index (κ3) is 4.26. The van der Waals surface area contributed by atoms with Crippen molar-refractivity contribution in [3.63, 3.8) is 0 Å². The van der Waals surface area contributed by atoms with Crippen molar-refractivity contribution < 1.29 is 0 Å². The van der Waals surface area contributed by atoms with Crippen LogP contribution in [0.4, 0.5) is 0 Å². The Morgan fingerprint density at radius 3 is 2.38 bits per heavy atom. The van der Waals surface area contributed by atoms with Gasteiger partial charge in [-0.05, 0) is 81.6 Å². The average molecular weight is 494 g/mol. The Bertz CT molecular complexity index is 1850. The zero-order chi connectivity index (χ0) is 25.2. The van der Waals surface area contributed by atoms with Gasteiger partial charge < -0.3 is 5.73 Å². The standard InChI is InChI=1S/C35H27NS/c1-2-9-24(15-8-21-36)26-11-5-12-27(22-26)28-13-6-14-29(23-28)30-17-7-18-33-34(30)32-20-19-25-10-3-4-16-31(25)35(32)37-33/h2-23H,36H2,1H3/b9-2+,21-8-,24-15+. The normalized spacial score (nSPS) is 12.5. The van der Waals surface area contributed by atoms with Crippen LogP contribution in [0.15, 0.2) is 134 Å². The number of fused-ring (bicyclic) bond motifs is 5. The first kappa shape index (κ1) is 23.0. The Balaban J connectivity index is 1.49. The van der Waals surface area contributed by atoms with Crippen LogP contribution in [0.1, 0.15) is 12.5 Å². The predicted molar refractivity (Wildman–Crippen MR) is 164 cm³/mol. The van der Waals surface area contributed by atoms with E-state index in [-0.39, 0.29) is 0 Å². The van der Waals surface area contributed by atoms with Crippen molar-refractivity contribution in [1.82, 2.24) is 0 Å². The van der Waals surface area contributed by atoms with Gasteiger partial charge in [0, 0.05) is 20.2 Å². The topological polar surface area (TPSA) is 26.0 Å². The van der Waals surface area contributed by atoms with Crippen LogP contribution in [-0.4, -0.2) is 0 Å². The summed E-state index contributed by atoms with van der Waals surface area (Å²) in [6.45, 7) is 2.03. The molecule has 0 radical (unpaired) electrons. The molecule has 1 heterocycles. The number of benzene rings is 5. The van der Waals surface area contributed by atoms with E-state index in [4.69, 9.17) is 5.73 Å². The molecule has 5 aromatic carbocycles. The van der Waals surface area contributed by atoms with Gasteiger partial charge in [0.25, 0.3) is 0 Å². The SMILES string of the molecule is C/C=C/C(=C\C=C/N)c1cccc(-c2cccc(-c3cccc4sc5c6ccccc6ccc5c34)c2)c1. The molecule has 6 rings (SSSR count). The molecule has 0 aliphatic rings. The Hall–Kier alpha value is -4.40. The third-order valence-electron chi connectivity index (χ3n) is 6.82. The predicted octanol–water partition coefficient (Wildman–Crippen LogP) is 9.97. The fraction of sp³-hybridized carbons (Fsp3) is 0.0286. The summed E-state index contributed by atoms with van der Waals surface area (Å²) in [5.41, 5.74) is 12.8. The van der Waals surface area contributed by atoms with Crippen molar-refractivity contribution in [3.8, 4) is 22.3 Å². The molecule has 0 aliphatic carbocycles. The van der Waals surface area contributed by atoms with E-state index in [9.17, 15) is 0 Å². The van der Waals surface area contributed by atoms with E-state index < -0.39 is 0 Å². The fourth-order valence-electron chi connectivity index (χ4n) is 5.13. The van der Waals surface area contributed by atoms with Gasteiger partial charge in [0.2, 0.25) is 0 Å². The second-order valence-corrected chi connectivity index (χ2v) is 10.2. The highest BCUT2D eigenvalue weighted by Crippen LogP contribution is 2.43. The van der Waals surface area contributed by atoms with Crippen LogP contribution in [0, 0.1) is 0 Å². The minimum absolute atomic E-state index is 1.13. The van der Waals surface area contributed by atoms with Crippen molar-refractivity contribution in [2.24, 2.45) is 5.73 Å². The lowest BCUT2D eigenvalue weighted by Gasteiger charge is -2.10. The quantitative estimate of drug-likeness (QED) is 0.238. The number of allylic oxidation sites excluding steroid dienone is 5. The van der Waals surface area contributed by atoms with E-state index in [1.807, 2.05) is 30.4 Å². The maximum Gasteiger partial charge on any atom is 0.0434 e. The maximum atomic E-state index is 5.59. The zero-order valence-electron chi connectivity index (χ0n) is 20.7. The van der Waals surface area contributed by atoms with Gasteiger partial charge >= 0.3 is 0 Å². The minimum Gasteiger partial charge on any atom is -0.405 e. The Kier molecular flexibility index (Phi) is 6.18. The summed E-state index contributed by atoms with van der Waals surface area (Å²) < 4.78 is 2.68. The summed E-state index contributed by atoms with van der Waals surface area (Å²) >= 11 is 1.89. The molecule has 6 aromatic rings. The Morgan fingerprint density at radius 2 is 1.51 bits per heavy atom. The molecule has 0 saturated carbocycles. The average Bonchev–Trinajstić information content (AvgIpc) is 3.35. The molecule has 37 heavy (non-hydrogen) atoms. The lowest BCUT2D eigenvalue weighted by atomic mass is 9.94. The number of nitrogens with two attached hydrogens (primary N) is 1. The molecule has 0 aliphatic heterocycles. The van der Waals surface area contributed by atoms with Crippen molar-refractivity contribution in [2.45, 2.75) is 6.92 Å². The number of thiophene rings is 1. The first-order valence-electron chi connectivity index (χ1n) is 12.5. The number of hydrogen-bond donors (Lipinski definition) is 1. The maximum absolute atomic E-state index is 5.59. The van der Waals surface area contributed by atoms with Crippen LogP contribution in [0.3, 0.4) is 0 Å². The van der Waals surface area contributed by atoms with Gasteiger partial charge in [-0.1, -0.05) is 103 Å². The van der Waals surface area contributed by atoms with Crippen molar-refractivity contribution in [3.05, 3.63) is 139 Å². The number of rotatable bonds is 5. The molecule has 0 bridgehead atoms. The van der Waals surface area contributed by atoms with Gasteiger partial charge in [0.15, 0.2) is 0 Å². The molecular formula is C35H27NS. The van der Waals surface area contributed by atoms with E-state index in [1.165, 1.54) is 53.2 Å². The highest BCUT2D eigenvalue weighted by molar-refractivity contribution is 7.26. The second kappa shape index (κ2) is 9.93. The number of hydrogen-bond acceptors (Lipinski definition) is 2. The van der Waals surface area contributed by atoms with E-state index in [1.54, 1.807) is 6.20 Å². The van der Waals surface area contributed by atoms with Crippen LogP contribution in [0.25, 0.3) is 58.8 Å². The third-order valence-corrected chi connectivity index (χ3v) is 8.03. The lowest BCUT2D eigenvalue weighted by molar-refractivity contribution is 1.56. The van der Waals surface area contributed by atoms with Gasteiger partial charge in [-0.2, -0.15) is 0 Å². The molecule has 2 heteroatoms. The molecule has 0 amide bonds. The summed E-state index contributed by atoms with van der Waals surface area (Å²) in [7, 11) is 0. The summed E-state index contributed by atoms with van der Waals surface area (Å²) in [5.74, 6) is 0. The largest absolute Gasteiger partial charge is 0.405 e. The van der Waals surface area contributed by atoms with Crippen LogP contribution in [0.2, 0.25) is 0 Å². The molecule has 178 valence electrons. The molecule has 1 nitrogen and oxygen atoms in total. The van der Waals surface area contributed by atoms with Crippen LogP contribution in [-0.2, 0) is 0 Å². The van der Waals surface area contributed by atoms with Gasteiger partial charge in [-0.25, -0.2) is 0 Å². The molecule has 0 unspecified atom stereocenters. The second-order valence-electron chi connectivity index (χ2n) is 9.11. The van der Waals surface area contributed by atoms with Crippen molar-refractivity contribution in [1.29, 1.82) is 0 Å². The van der Waals surface area contributed by atoms with Gasteiger partial charge in [-0.3, -0.25) is 0 Å². The highest BCUT2D eigenvalue weighted by atomic mass is 32.1. The monoisotopic (exact) mass is 493 g/mol. The van der Waals surface area contributed by atoms with E-state index in [2.05, 4.69) is 115 Å². The lowest BCUT2D eigenvalue weighted by Crippen LogP contribution is -1.86. The van der Waals surface area contributed by atoms with Crippen LogP contribution < -0.4 is 5.73 Å². The minimum atomic E-state index is 1.13. The summed E-state index contributed by atoms with van der Waals surface area (Å²) in [6, 6.07) is 37.5. The van der Waals surface area contributed by atoms with Crippen LogP contribution >= 0.6 is 11.3 Å². The first-order chi connectivity index (χ1) is 18.3. The van der Waals surface area contributed by atoms with E-state index in [0.29, 0.717) is 0 Å². The van der Waals surface area contributed by atoms with Gasteiger partial charge in [0.1, 0.15) is 0 Å². The van der Waals surface area contributed by atoms with E-state index >= 15 is 0 Å². The summed E-state index contributed by atoms with van der Waals surface area (Å²) in [4.78, 5) is 0. The summed E-state index contributed by atoms with van der Waals surface area (Å²) in [5, 5.41) is 5.28. The smallest absolute Gasteiger partial charge is 0.0434 e. The Labute approximate surface area is 221 Å². The highest BCUT2D eigenvalue weighted by Gasteiger charge is 2.13. The molecule has 0 fully saturated rings.